The van der Waals surface area contributed by atoms with E-state index in [1.54, 1.807) is 0 Å². The summed E-state index contributed by atoms with van der Waals surface area (Å²) in [5, 5.41) is 71.2. The highest BCUT2D eigenvalue weighted by Gasteiger charge is 2.47. The molecule has 15 nitrogen and oxygen atoms in total. The molecule has 0 saturated carbocycles. The lowest BCUT2D eigenvalue weighted by atomic mass is 9.98. The minimum Gasteiger partial charge on any atom is -0.462 e. The molecule has 0 aromatic heterocycles. The van der Waals surface area contributed by atoms with Crippen LogP contribution in [-0.2, 0) is 38.0 Å². The summed E-state index contributed by atoms with van der Waals surface area (Å²) in [6.45, 7) is 2.16. The van der Waals surface area contributed by atoms with Crippen LogP contribution in [0.15, 0.2) is 12.2 Å². The molecule has 2 saturated heterocycles. The fourth-order valence-corrected chi connectivity index (χ4v) is 6.31. The molecule has 0 aliphatic carbocycles. The average Bonchev–Trinajstić information content (AvgIpc) is 3.16. The molecular formula is C39H70O15. The summed E-state index contributed by atoms with van der Waals surface area (Å²) in [6, 6.07) is 0. The average molecular weight is 779 g/mol. The van der Waals surface area contributed by atoms with Crippen LogP contribution in [0.25, 0.3) is 0 Å². The van der Waals surface area contributed by atoms with E-state index in [0.717, 1.165) is 32.1 Å². The molecule has 0 radical (unpaired) electrons. The molecule has 15 heteroatoms. The number of esters is 2. The van der Waals surface area contributed by atoms with Crippen molar-refractivity contribution in [2.45, 2.75) is 197 Å². The number of aliphatic hydroxyl groups excluding tert-OH is 7. The number of carbonyl (C=O) groups is 2. The van der Waals surface area contributed by atoms with Gasteiger partial charge < -0.3 is 64.2 Å². The SMILES string of the molecule is CCCCCCCC/C=C\CCCCCCCCCC(=O)OC(COC(=O)CCC)COC1OC(COC2OC(CO)C(O)C(O)C2O)C(O)C(O)C1O. The van der Waals surface area contributed by atoms with E-state index in [4.69, 9.17) is 28.4 Å². The molecule has 0 amide bonds. The Bertz CT molecular complexity index is 1010. The van der Waals surface area contributed by atoms with Crippen LogP contribution in [0.3, 0.4) is 0 Å². The van der Waals surface area contributed by atoms with Crippen LogP contribution in [0.4, 0.5) is 0 Å². The van der Waals surface area contributed by atoms with Gasteiger partial charge in [-0.15, -0.1) is 0 Å². The van der Waals surface area contributed by atoms with E-state index in [0.29, 0.717) is 12.8 Å². The van der Waals surface area contributed by atoms with Gasteiger partial charge in [-0.05, 0) is 38.5 Å². The number of allylic oxidation sites excluding steroid dienone is 2. The topological polar surface area (TPSA) is 231 Å². The van der Waals surface area contributed by atoms with E-state index in [1.807, 2.05) is 6.92 Å². The number of aliphatic hydroxyl groups is 7. The third-order valence-corrected chi connectivity index (χ3v) is 9.71. The molecule has 11 atom stereocenters. The van der Waals surface area contributed by atoms with Gasteiger partial charge in [-0.1, -0.05) is 90.2 Å². The van der Waals surface area contributed by atoms with Crippen LogP contribution >= 0.6 is 0 Å². The van der Waals surface area contributed by atoms with Gasteiger partial charge in [0.15, 0.2) is 18.7 Å². The van der Waals surface area contributed by atoms with Crippen molar-refractivity contribution in [3.8, 4) is 0 Å². The van der Waals surface area contributed by atoms with Crippen LogP contribution < -0.4 is 0 Å². The summed E-state index contributed by atoms with van der Waals surface area (Å²) in [7, 11) is 0. The monoisotopic (exact) mass is 778 g/mol. The van der Waals surface area contributed by atoms with Gasteiger partial charge in [0.1, 0.15) is 55.4 Å². The zero-order valence-corrected chi connectivity index (χ0v) is 32.5. The van der Waals surface area contributed by atoms with Gasteiger partial charge in [0.25, 0.3) is 0 Å². The van der Waals surface area contributed by atoms with Crippen molar-refractivity contribution in [1.82, 2.24) is 0 Å². The molecule has 2 aliphatic rings. The Kier molecular flexibility index (Phi) is 25.6. The summed E-state index contributed by atoms with van der Waals surface area (Å²) in [6.07, 6.45) is 6.02. The summed E-state index contributed by atoms with van der Waals surface area (Å²) in [5.41, 5.74) is 0. The molecule has 0 aromatic carbocycles. The van der Waals surface area contributed by atoms with Crippen molar-refractivity contribution in [3.63, 3.8) is 0 Å². The molecule has 11 unspecified atom stereocenters. The van der Waals surface area contributed by atoms with Gasteiger partial charge in [0.2, 0.25) is 0 Å². The number of hydrogen-bond acceptors (Lipinski definition) is 15. The quantitative estimate of drug-likeness (QED) is 0.0329. The number of hydrogen-bond donors (Lipinski definition) is 7. The molecule has 2 aliphatic heterocycles. The fourth-order valence-electron chi connectivity index (χ4n) is 6.31. The molecule has 54 heavy (non-hydrogen) atoms. The second-order valence-corrected chi connectivity index (χ2v) is 14.5. The number of rotatable bonds is 29. The summed E-state index contributed by atoms with van der Waals surface area (Å²) >= 11 is 0. The maximum atomic E-state index is 12.7. The normalized spacial score (nSPS) is 29.4. The van der Waals surface area contributed by atoms with E-state index in [1.165, 1.54) is 57.8 Å². The van der Waals surface area contributed by atoms with Crippen molar-refractivity contribution < 1.29 is 73.8 Å². The number of carbonyl (C=O) groups excluding carboxylic acids is 2. The second-order valence-electron chi connectivity index (χ2n) is 14.5. The first-order valence-corrected chi connectivity index (χ1v) is 20.3. The van der Waals surface area contributed by atoms with Crippen LogP contribution in [0.5, 0.6) is 0 Å². The summed E-state index contributed by atoms with van der Waals surface area (Å²) < 4.78 is 32.8. The Morgan fingerprint density at radius 3 is 1.67 bits per heavy atom. The lowest BCUT2D eigenvalue weighted by molar-refractivity contribution is -0.332. The first-order valence-electron chi connectivity index (χ1n) is 20.3. The molecular weight excluding hydrogens is 708 g/mol. The summed E-state index contributed by atoms with van der Waals surface area (Å²) in [4.78, 5) is 24.8. The highest BCUT2D eigenvalue weighted by Crippen LogP contribution is 2.26. The second kappa shape index (κ2) is 28.6. The van der Waals surface area contributed by atoms with E-state index >= 15 is 0 Å². The maximum absolute atomic E-state index is 12.7. The fraction of sp³-hybridized carbons (Fsp3) is 0.897. The van der Waals surface area contributed by atoms with Gasteiger partial charge in [0.05, 0.1) is 19.8 Å². The highest BCUT2D eigenvalue weighted by atomic mass is 16.7. The minimum absolute atomic E-state index is 0.160. The lowest BCUT2D eigenvalue weighted by Gasteiger charge is -2.42. The maximum Gasteiger partial charge on any atom is 0.306 e. The zero-order valence-electron chi connectivity index (χ0n) is 32.5. The molecule has 0 bridgehead atoms. The van der Waals surface area contributed by atoms with Gasteiger partial charge in [0, 0.05) is 12.8 Å². The summed E-state index contributed by atoms with van der Waals surface area (Å²) in [5.74, 6) is -0.991. The third-order valence-electron chi connectivity index (χ3n) is 9.71. The minimum atomic E-state index is -1.76. The van der Waals surface area contributed by atoms with Gasteiger partial charge >= 0.3 is 11.9 Å². The Hall–Kier alpha value is -1.76. The van der Waals surface area contributed by atoms with E-state index in [-0.39, 0.29) is 26.1 Å². The van der Waals surface area contributed by atoms with E-state index in [2.05, 4.69) is 19.1 Å². The molecule has 0 aromatic rings. The smallest absolute Gasteiger partial charge is 0.306 e. The molecule has 2 rings (SSSR count). The predicted molar refractivity (Wildman–Crippen MR) is 197 cm³/mol. The molecule has 316 valence electrons. The van der Waals surface area contributed by atoms with Crippen LogP contribution in [-0.4, -0.2) is 142 Å². The molecule has 2 heterocycles. The molecule has 2 fully saturated rings. The van der Waals surface area contributed by atoms with Crippen molar-refractivity contribution in [2.75, 3.05) is 26.4 Å². The number of ether oxygens (including phenoxy) is 6. The van der Waals surface area contributed by atoms with Gasteiger partial charge in [-0.2, -0.15) is 0 Å². The Balaban J connectivity index is 1.74. The molecule has 0 spiro atoms. The lowest BCUT2D eigenvalue weighted by Crippen LogP contribution is -2.61. The predicted octanol–water partition coefficient (Wildman–Crippen LogP) is 2.70. The van der Waals surface area contributed by atoms with Crippen LogP contribution in [0, 0.1) is 0 Å². The zero-order chi connectivity index (χ0) is 39.7. The van der Waals surface area contributed by atoms with Crippen molar-refractivity contribution in [3.05, 3.63) is 12.2 Å². The number of unbranched alkanes of at least 4 members (excludes halogenated alkanes) is 13. The Morgan fingerprint density at radius 2 is 1.09 bits per heavy atom. The molecule has 7 N–H and O–H groups in total. The first kappa shape index (κ1) is 48.4. The van der Waals surface area contributed by atoms with Crippen LogP contribution in [0.2, 0.25) is 0 Å². The Labute approximate surface area is 320 Å². The van der Waals surface area contributed by atoms with Crippen LogP contribution in [0.1, 0.15) is 129 Å². The van der Waals surface area contributed by atoms with Crippen molar-refractivity contribution >= 4 is 11.9 Å². The van der Waals surface area contributed by atoms with E-state index in [9.17, 15) is 45.3 Å². The first-order chi connectivity index (χ1) is 26.0. The third kappa shape index (κ3) is 18.5. The highest BCUT2D eigenvalue weighted by molar-refractivity contribution is 5.70. The van der Waals surface area contributed by atoms with Crippen molar-refractivity contribution in [1.29, 1.82) is 0 Å². The van der Waals surface area contributed by atoms with Gasteiger partial charge in [-0.25, -0.2) is 0 Å². The van der Waals surface area contributed by atoms with Crippen molar-refractivity contribution in [2.24, 2.45) is 0 Å². The van der Waals surface area contributed by atoms with Gasteiger partial charge in [-0.3, -0.25) is 9.59 Å². The standard InChI is InChI=1S/C39H70O15/c1-3-5-6-7-8-9-10-11-12-13-14-15-16-17-18-19-20-22-31(42)52-27(24-49-30(41)21-4-2)25-50-38-37(48)35(46)33(44)29(54-38)26-51-39-36(47)34(45)32(43)28(23-40)53-39/h11-12,27-29,32-40,43-48H,3-10,13-26H2,1-2H3/b12-11-. The Morgan fingerprint density at radius 1 is 0.574 bits per heavy atom. The van der Waals surface area contributed by atoms with E-state index < -0.39 is 92.7 Å². The largest absolute Gasteiger partial charge is 0.462 e.